The molecule has 1 amide bonds. The van der Waals surface area contributed by atoms with Gasteiger partial charge in [0.15, 0.2) is 0 Å². The van der Waals surface area contributed by atoms with Crippen molar-refractivity contribution in [2.45, 2.75) is 38.0 Å². The van der Waals surface area contributed by atoms with E-state index in [9.17, 15) is 4.79 Å². The zero-order valence-electron chi connectivity index (χ0n) is 14.4. The SMILES string of the molecule is O=C(C1CC=CCC1)N1CCCC(c2[nH]ncc2-c2ccncc2)C1. The van der Waals surface area contributed by atoms with Gasteiger partial charge in [0.25, 0.3) is 0 Å². The Morgan fingerprint density at radius 1 is 1.20 bits per heavy atom. The van der Waals surface area contributed by atoms with Crippen molar-refractivity contribution in [1.29, 1.82) is 0 Å². The molecule has 1 aliphatic heterocycles. The maximum Gasteiger partial charge on any atom is 0.226 e. The summed E-state index contributed by atoms with van der Waals surface area (Å²) in [4.78, 5) is 19.1. The lowest BCUT2D eigenvalue weighted by Crippen LogP contribution is -2.42. The summed E-state index contributed by atoms with van der Waals surface area (Å²) >= 11 is 0. The van der Waals surface area contributed by atoms with Gasteiger partial charge in [0.2, 0.25) is 5.91 Å². The molecule has 2 aliphatic rings. The number of carbonyl (C=O) groups excluding carboxylic acids is 1. The van der Waals surface area contributed by atoms with Crippen LogP contribution >= 0.6 is 0 Å². The summed E-state index contributed by atoms with van der Waals surface area (Å²) in [5, 5.41) is 7.47. The van der Waals surface area contributed by atoms with E-state index in [4.69, 9.17) is 0 Å². The molecule has 4 rings (SSSR count). The Hall–Kier alpha value is -2.43. The molecule has 0 bridgehead atoms. The van der Waals surface area contributed by atoms with Crippen LogP contribution in [0, 0.1) is 5.92 Å². The van der Waals surface area contributed by atoms with Crippen LogP contribution in [-0.4, -0.2) is 39.1 Å². The number of amides is 1. The van der Waals surface area contributed by atoms with Crippen molar-refractivity contribution in [2.75, 3.05) is 13.1 Å². The summed E-state index contributed by atoms with van der Waals surface area (Å²) in [5.74, 6) is 0.826. The van der Waals surface area contributed by atoms with E-state index >= 15 is 0 Å². The highest BCUT2D eigenvalue weighted by Gasteiger charge is 2.31. The topological polar surface area (TPSA) is 61.9 Å². The van der Waals surface area contributed by atoms with Crippen LogP contribution in [0.3, 0.4) is 0 Å². The number of likely N-dealkylation sites (tertiary alicyclic amines) is 1. The molecule has 0 radical (unpaired) electrons. The Balaban J connectivity index is 1.51. The number of rotatable bonds is 3. The molecule has 0 aromatic carbocycles. The van der Waals surface area contributed by atoms with E-state index in [1.165, 1.54) is 0 Å². The van der Waals surface area contributed by atoms with Gasteiger partial charge in [0.05, 0.1) is 6.20 Å². The molecule has 130 valence electrons. The van der Waals surface area contributed by atoms with Gasteiger partial charge < -0.3 is 4.90 Å². The lowest BCUT2D eigenvalue weighted by atomic mass is 9.88. The molecule has 3 heterocycles. The van der Waals surface area contributed by atoms with Crippen LogP contribution in [-0.2, 0) is 4.79 Å². The van der Waals surface area contributed by atoms with Crippen molar-refractivity contribution in [2.24, 2.45) is 5.92 Å². The first-order valence-electron chi connectivity index (χ1n) is 9.20. The average molecular weight is 336 g/mol. The molecule has 2 atom stereocenters. The number of carbonyl (C=O) groups is 1. The Kier molecular flexibility index (Phi) is 4.63. The lowest BCUT2D eigenvalue weighted by molar-refractivity contribution is -0.137. The van der Waals surface area contributed by atoms with Crippen molar-refractivity contribution in [3.8, 4) is 11.1 Å². The van der Waals surface area contributed by atoms with Crippen LogP contribution in [0.25, 0.3) is 11.1 Å². The van der Waals surface area contributed by atoms with Crippen molar-refractivity contribution < 1.29 is 4.79 Å². The quantitative estimate of drug-likeness (QED) is 0.872. The highest BCUT2D eigenvalue weighted by atomic mass is 16.2. The van der Waals surface area contributed by atoms with Crippen molar-refractivity contribution in [3.05, 3.63) is 48.6 Å². The van der Waals surface area contributed by atoms with Gasteiger partial charge in [-0.25, -0.2) is 0 Å². The third kappa shape index (κ3) is 3.36. The third-order valence-electron chi connectivity index (χ3n) is 5.42. The fourth-order valence-corrected chi connectivity index (χ4v) is 4.06. The molecule has 2 aromatic heterocycles. The molecule has 0 spiro atoms. The van der Waals surface area contributed by atoms with Gasteiger partial charge in [0.1, 0.15) is 0 Å². The Morgan fingerprint density at radius 3 is 2.88 bits per heavy atom. The number of nitrogens with one attached hydrogen (secondary N) is 1. The Bertz CT molecular complexity index is 752. The van der Waals surface area contributed by atoms with E-state index in [-0.39, 0.29) is 5.92 Å². The minimum atomic E-state index is 0.171. The molecular formula is C20H24N4O. The van der Waals surface area contributed by atoms with E-state index in [2.05, 4.69) is 32.2 Å². The summed E-state index contributed by atoms with van der Waals surface area (Å²) in [7, 11) is 0. The zero-order chi connectivity index (χ0) is 17.1. The van der Waals surface area contributed by atoms with Gasteiger partial charge in [-0.05, 0) is 49.8 Å². The van der Waals surface area contributed by atoms with Crippen LogP contribution in [0.1, 0.15) is 43.7 Å². The average Bonchev–Trinajstić information content (AvgIpc) is 3.19. The van der Waals surface area contributed by atoms with E-state index in [1.807, 2.05) is 18.3 Å². The van der Waals surface area contributed by atoms with Crippen molar-refractivity contribution in [3.63, 3.8) is 0 Å². The van der Waals surface area contributed by atoms with Crippen LogP contribution in [0.15, 0.2) is 42.9 Å². The molecule has 2 unspecified atom stereocenters. The van der Waals surface area contributed by atoms with Crippen molar-refractivity contribution >= 4 is 5.91 Å². The molecule has 1 N–H and O–H groups in total. The first kappa shape index (κ1) is 16.1. The molecule has 5 heteroatoms. The highest BCUT2D eigenvalue weighted by Crippen LogP contribution is 2.33. The Labute approximate surface area is 148 Å². The first-order valence-corrected chi connectivity index (χ1v) is 9.20. The summed E-state index contributed by atoms with van der Waals surface area (Å²) in [6, 6.07) is 4.02. The highest BCUT2D eigenvalue weighted by molar-refractivity contribution is 5.79. The number of H-pyrrole nitrogens is 1. The molecule has 5 nitrogen and oxygen atoms in total. The van der Waals surface area contributed by atoms with E-state index in [0.29, 0.717) is 11.8 Å². The summed E-state index contributed by atoms with van der Waals surface area (Å²) < 4.78 is 0. The molecule has 1 aliphatic carbocycles. The Morgan fingerprint density at radius 2 is 2.08 bits per heavy atom. The standard InChI is InChI=1S/C20H24N4O/c25-20(16-5-2-1-3-6-16)24-12-4-7-17(14-24)19-18(13-22-23-19)15-8-10-21-11-9-15/h1-2,8-11,13,16-17H,3-7,12,14H2,(H,22,23). The predicted molar refractivity (Wildman–Crippen MR) is 96.9 cm³/mol. The lowest BCUT2D eigenvalue weighted by Gasteiger charge is -2.35. The number of pyridine rings is 1. The monoisotopic (exact) mass is 336 g/mol. The fourth-order valence-electron chi connectivity index (χ4n) is 4.06. The number of allylic oxidation sites excluding steroid dienone is 2. The minimum absolute atomic E-state index is 0.171. The molecule has 25 heavy (non-hydrogen) atoms. The second kappa shape index (κ2) is 7.21. The summed E-state index contributed by atoms with van der Waals surface area (Å²) in [6.07, 6.45) is 14.9. The number of aromatic amines is 1. The number of nitrogens with zero attached hydrogens (tertiary/aromatic N) is 3. The molecule has 0 saturated carbocycles. The van der Waals surface area contributed by atoms with Crippen LogP contribution in [0.4, 0.5) is 0 Å². The third-order valence-corrected chi connectivity index (χ3v) is 5.42. The van der Waals surface area contributed by atoms with Gasteiger partial charge in [-0.1, -0.05) is 12.2 Å². The molecule has 1 saturated heterocycles. The number of piperidine rings is 1. The van der Waals surface area contributed by atoms with Gasteiger partial charge in [-0.3, -0.25) is 14.9 Å². The first-order chi connectivity index (χ1) is 12.3. The minimum Gasteiger partial charge on any atom is -0.342 e. The number of hydrogen-bond acceptors (Lipinski definition) is 3. The molecule has 1 fully saturated rings. The normalized spacial score (nSPS) is 23.6. The second-order valence-corrected chi connectivity index (χ2v) is 7.04. The fraction of sp³-hybridized carbons (Fsp3) is 0.450. The maximum absolute atomic E-state index is 12.9. The van der Waals surface area contributed by atoms with Gasteiger partial charge in [-0.15, -0.1) is 0 Å². The molecule has 2 aromatic rings. The van der Waals surface area contributed by atoms with Crippen LogP contribution in [0.5, 0.6) is 0 Å². The predicted octanol–water partition coefficient (Wildman–Crippen LogP) is 3.53. The largest absolute Gasteiger partial charge is 0.342 e. The van der Waals surface area contributed by atoms with Crippen LogP contribution < -0.4 is 0 Å². The second-order valence-electron chi connectivity index (χ2n) is 7.04. The van der Waals surface area contributed by atoms with E-state index in [1.54, 1.807) is 12.4 Å². The smallest absolute Gasteiger partial charge is 0.226 e. The number of hydrogen-bond donors (Lipinski definition) is 1. The van der Waals surface area contributed by atoms with Gasteiger partial charge >= 0.3 is 0 Å². The summed E-state index contributed by atoms with van der Waals surface area (Å²) in [5.41, 5.74) is 3.40. The van der Waals surface area contributed by atoms with Crippen LogP contribution in [0.2, 0.25) is 0 Å². The van der Waals surface area contributed by atoms with E-state index in [0.717, 1.165) is 62.0 Å². The zero-order valence-corrected chi connectivity index (χ0v) is 14.4. The van der Waals surface area contributed by atoms with Gasteiger partial charge in [-0.2, -0.15) is 5.10 Å². The maximum atomic E-state index is 12.9. The van der Waals surface area contributed by atoms with E-state index < -0.39 is 0 Å². The molecular weight excluding hydrogens is 312 g/mol. The number of aromatic nitrogens is 3. The summed E-state index contributed by atoms with van der Waals surface area (Å²) in [6.45, 7) is 1.67. The van der Waals surface area contributed by atoms with Gasteiger partial charge in [0, 0.05) is 48.6 Å². The van der Waals surface area contributed by atoms with Crippen molar-refractivity contribution in [1.82, 2.24) is 20.1 Å².